The number of amides is 1. The van der Waals surface area contributed by atoms with Gasteiger partial charge in [-0.3, -0.25) is 23.9 Å². The van der Waals surface area contributed by atoms with Crippen molar-refractivity contribution in [3.8, 4) is 0 Å². The average Bonchev–Trinajstić information content (AvgIpc) is 3.16. The molecule has 0 radical (unpaired) electrons. The first-order valence-corrected chi connectivity index (χ1v) is 8.25. The number of nitrogens with zero attached hydrogens (tertiary/aromatic N) is 5. The molecular formula is C16H22N6O3. The third-order valence-corrected chi connectivity index (χ3v) is 4.31. The highest BCUT2D eigenvalue weighted by atomic mass is 16.4. The van der Waals surface area contributed by atoms with Gasteiger partial charge in [-0.15, -0.1) is 0 Å². The highest BCUT2D eigenvalue weighted by Crippen LogP contribution is 2.26. The van der Waals surface area contributed by atoms with Crippen molar-refractivity contribution in [2.45, 2.75) is 25.3 Å². The Hall–Kier alpha value is -2.68. The lowest BCUT2D eigenvalue weighted by Crippen LogP contribution is -2.40. The van der Waals surface area contributed by atoms with E-state index in [4.69, 9.17) is 5.11 Å². The van der Waals surface area contributed by atoms with Crippen molar-refractivity contribution in [3.63, 3.8) is 0 Å². The van der Waals surface area contributed by atoms with Gasteiger partial charge in [-0.2, -0.15) is 10.2 Å². The second-order valence-corrected chi connectivity index (χ2v) is 6.33. The number of rotatable bonds is 6. The topological polar surface area (TPSA) is 105 Å². The van der Waals surface area contributed by atoms with Crippen LogP contribution in [0.25, 0.3) is 0 Å². The second kappa shape index (κ2) is 7.47. The minimum atomic E-state index is -0.909. The van der Waals surface area contributed by atoms with Crippen LogP contribution in [-0.4, -0.2) is 61.1 Å². The van der Waals surface area contributed by atoms with Gasteiger partial charge in [-0.05, 0) is 25.5 Å². The van der Waals surface area contributed by atoms with Crippen LogP contribution >= 0.6 is 0 Å². The number of aryl methyl sites for hydroxylation is 1. The molecule has 0 spiro atoms. The SMILES string of the molecule is Cn1cc(NC(=O)CN2CCCC(c3ccnn3CC(=O)O)C2)cn1. The highest BCUT2D eigenvalue weighted by Gasteiger charge is 2.25. The Labute approximate surface area is 145 Å². The Morgan fingerprint density at radius 1 is 1.36 bits per heavy atom. The van der Waals surface area contributed by atoms with Gasteiger partial charge in [0, 0.05) is 37.6 Å². The van der Waals surface area contributed by atoms with Gasteiger partial charge in [0.1, 0.15) is 6.54 Å². The molecule has 1 aliphatic heterocycles. The number of carbonyl (C=O) groups is 2. The normalized spacial score (nSPS) is 18.2. The summed E-state index contributed by atoms with van der Waals surface area (Å²) in [7, 11) is 1.80. The number of aliphatic carboxylic acids is 1. The maximum absolute atomic E-state index is 12.2. The van der Waals surface area contributed by atoms with Crippen molar-refractivity contribution < 1.29 is 14.7 Å². The van der Waals surface area contributed by atoms with E-state index in [-0.39, 0.29) is 18.4 Å². The lowest BCUT2D eigenvalue weighted by Gasteiger charge is -2.32. The summed E-state index contributed by atoms with van der Waals surface area (Å²) >= 11 is 0. The molecule has 0 aliphatic carbocycles. The Bertz CT molecular complexity index is 753. The minimum Gasteiger partial charge on any atom is -0.480 e. The van der Waals surface area contributed by atoms with Crippen molar-refractivity contribution >= 4 is 17.6 Å². The molecule has 0 saturated carbocycles. The summed E-state index contributed by atoms with van der Waals surface area (Å²) in [6, 6.07) is 1.87. The highest BCUT2D eigenvalue weighted by molar-refractivity contribution is 5.91. The van der Waals surface area contributed by atoms with Crippen LogP contribution < -0.4 is 5.32 Å². The molecule has 3 heterocycles. The van der Waals surface area contributed by atoms with Crippen LogP contribution in [0, 0.1) is 0 Å². The Morgan fingerprint density at radius 3 is 2.92 bits per heavy atom. The van der Waals surface area contributed by atoms with Crippen molar-refractivity contribution in [2.24, 2.45) is 7.05 Å². The lowest BCUT2D eigenvalue weighted by molar-refractivity contribution is -0.138. The zero-order chi connectivity index (χ0) is 17.8. The first kappa shape index (κ1) is 17.2. The molecule has 25 heavy (non-hydrogen) atoms. The maximum Gasteiger partial charge on any atom is 0.325 e. The van der Waals surface area contributed by atoms with Crippen LogP contribution in [-0.2, 0) is 23.2 Å². The van der Waals surface area contributed by atoms with Gasteiger partial charge >= 0.3 is 5.97 Å². The first-order valence-electron chi connectivity index (χ1n) is 8.25. The van der Waals surface area contributed by atoms with Crippen molar-refractivity contribution in [3.05, 3.63) is 30.4 Å². The van der Waals surface area contributed by atoms with Gasteiger partial charge in [-0.25, -0.2) is 0 Å². The fraction of sp³-hybridized carbons (Fsp3) is 0.500. The van der Waals surface area contributed by atoms with Gasteiger partial charge in [0.25, 0.3) is 0 Å². The average molecular weight is 346 g/mol. The third kappa shape index (κ3) is 4.44. The number of likely N-dealkylation sites (tertiary alicyclic amines) is 1. The largest absolute Gasteiger partial charge is 0.480 e. The standard InChI is InChI=1S/C16H22N6O3/c1-20-9-13(7-18-20)19-15(23)10-21-6-2-3-12(8-21)14-4-5-17-22(14)11-16(24)25/h4-5,7,9,12H,2-3,6,8,10-11H2,1H3,(H,19,23)(H,24,25). The molecule has 134 valence electrons. The van der Waals surface area contributed by atoms with E-state index < -0.39 is 5.97 Å². The molecule has 3 rings (SSSR count). The molecule has 9 nitrogen and oxygen atoms in total. The molecule has 1 amide bonds. The van der Waals surface area contributed by atoms with Crippen LogP contribution in [0.4, 0.5) is 5.69 Å². The molecule has 0 bridgehead atoms. The van der Waals surface area contributed by atoms with E-state index in [0.717, 1.165) is 25.1 Å². The first-order chi connectivity index (χ1) is 12.0. The van der Waals surface area contributed by atoms with Gasteiger partial charge in [0.15, 0.2) is 0 Å². The molecule has 1 saturated heterocycles. The van der Waals surface area contributed by atoms with Crippen LogP contribution in [0.1, 0.15) is 24.5 Å². The molecule has 1 aliphatic rings. The number of aromatic nitrogens is 4. The fourth-order valence-corrected chi connectivity index (χ4v) is 3.28. The summed E-state index contributed by atoms with van der Waals surface area (Å²) in [6.07, 6.45) is 6.92. The Kier molecular flexibility index (Phi) is 5.13. The van der Waals surface area contributed by atoms with E-state index in [1.165, 1.54) is 4.68 Å². The molecule has 2 aromatic heterocycles. The van der Waals surface area contributed by atoms with Crippen LogP contribution in [0.2, 0.25) is 0 Å². The van der Waals surface area contributed by atoms with E-state index >= 15 is 0 Å². The van der Waals surface area contributed by atoms with Gasteiger partial charge in [0.05, 0.1) is 18.4 Å². The fourth-order valence-electron chi connectivity index (χ4n) is 3.28. The molecule has 1 fully saturated rings. The number of carbonyl (C=O) groups excluding carboxylic acids is 1. The zero-order valence-electron chi connectivity index (χ0n) is 14.1. The van der Waals surface area contributed by atoms with Crippen LogP contribution in [0.5, 0.6) is 0 Å². The summed E-state index contributed by atoms with van der Waals surface area (Å²) < 4.78 is 3.17. The third-order valence-electron chi connectivity index (χ3n) is 4.31. The quantitative estimate of drug-likeness (QED) is 0.790. The predicted molar refractivity (Wildman–Crippen MR) is 90.1 cm³/mol. The summed E-state index contributed by atoms with van der Waals surface area (Å²) in [5.41, 5.74) is 1.60. The number of piperidine rings is 1. The Balaban J connectivity index is 1.58. The number of anilines is 1. The van der Waals surface area contributed by atoms with E-state index in [1.807, 2.05) is 6.07 Å². The monoisotopic (exact) mass is 346 g/mol. The van der Waals surface area contributed by atoms with Gasteiger partial charge in [-0.1, -0.05) is 0 Å². The van der Waals surface area contributed by atoms with E-state index in [9.17, 15) is 9.59 Å². The second-order valence-electron chi connectivity index (χ2n) is 6.33. The van der Waals surface area contributed by atoms with E-state index in [2.05, 4.69) is 20.4 Å². The summed E-state index contributed by atoms with van der Waals surface area (Å²) in [5.74, 6) is -0.803. The summed E-state index contributed by atoms with van der Waals surface area (Å²) in [5, 5.41) is 20.0. The molecule has 9 heteroatoms. The molecule has 1 atom stereocenters. The number of carboxylic acid groups (broad SMARTS) is 1. The summed E-state index contributed by atoms with van der Waals surface area (Å²) in [4.78, 5) is 25.3. The predicted octanol–water partition coefficient (Wildman–Crippen LogP) is 0.519. The molecule has 2 N–H and O–H groups in total. The van der Waals surface area contributed by atoms with E-state index in [1.54, 1.807) is 30.3 Å². The molecular weight excluding hydrogens is 324 g/mol. The molecule has 0 aromatic carbocycles. The number of nitrogens with one attached hydrogen (secondary N) is 1. The van der Waals surface area contributed by atoms with Crippen LogP contribution in [0.15, 0.2) is 24.7 Å². The Morgan fingerprint density at radius 2 is 2.20 bits per heavy atom. The van der Waals surface area contributed by atoms with Crippen LogP contribution in [0.3, 0.4) is 0 Å². The smallest absolute Gasteiger partial charge is 0.325 e. The lowest BCUT2D eigenvalue weighted by atomic mass is 9.94. The van der Waals surface area contributed by atoms with Gasteiger partial charge < -0.3 is 10.4 Å². The van der Waals surface area contributed by atoms with Crippen molar-refractivity contribution in [1.82, 2.24) is 24.5 Å². The maximum atomic E-state index is 12.2. The molecule has 1 unspecified atom stereocenters. The zero-order valence-corrected chi connectivity index (χ0v) is 14.1. The number of hydrogen-bond acceptors (Lipinski definition) is 5. The van der Waals surface area contributed by atoms with Crippen molar-refractivity contribution in [1.29, 1.82) is 0 Å². The minimum absolute atomic E-state index is 0.0762. The van der Waals surface area contributed by atoms with Gasteiger partial charge in [0.2, 0.25) is 5.91 Å². The number of hydrogen-bond donors (Lipinski definition) is 2. The number of carboxylic acids is 1. The van der Waals surface area contributed by atoms with Crippen molar-refractivity contribution in [2.75, 3.05) is 25.0 Å². The van der Waals surface area contributed by atoms with E-state index in [0.29, 0.717) is 18.8 Å². The molecule has 2 aromatic rings. The summed E-state index contributed by atoms with van der Waals surface area (Å²) in [6.45, 7) is 1.73.